The molecule has 8 heavy (non-hydrogen) atoms. The van der Waals surface area contributed by atoms with Crippen LogP contribution in [-0.2, 0) is 24.3 Å². The number of amides is 1. The fraction of sp³-hybridized carbons (Fsp3) is 0.800. The van der Waals surface area contributed by atoms with E-state index < -0.39 is 0 Å². The Morgan fingerprint density at radius 2 is 1.75 bits per heavy atom. The number of carbonyl (C=O) groups is 1. The molecule has 0 aliphatic carbocycles. The van der Waals surface area contributed by atoms with Crippen molar-refractivity contribution in [3.8, 4) is 0 Å². The van der Waals surface area contributed by atoms with Gasteiger partial charge in [0.25, 0.3) is 0 Å². The summed E-state index contributed by atoms with van der Waals surface area (Å²) in [5.41, 5.74) is 0. The summed E-state index contributed by atoms with van der Waals surface area (Å²) in [6.45, 7) is 5.55. The summed E-state index contributed by atoms with van der Waals surface area (Å²) in [7, 11) is 0. The molecule has 0 radical (unpaired) electrons. The summed E-state index contributed by atoms with van der Waals surface area (Å²) in [6, 6.07) is 0. The SMILES string of the molecule is CCN(C=O)CC.[Zn]. The van der Waals surface area contributed by atoms with E-state index in [4.69, 9.17) is 0 Å². The van der Waals surface area contributed by atoms with Gasteiger partial charge < -0.3 is 4.90 Å². The maximum absolute atomic E-state index is 9.89. The van der Waals surface area contributed by atoms with Crippen molar-refractivity contribution in [2.75, 3.05) is 13.1 Å². The Bertz CT molecular complexity index is 54.4. The second-order valence-electron chi connectivity index (χ2n) is 1.33. The van der Waals surface area contributed by atoms with Gasteiger partial charge in [0.1, 0.15) is 0 Å². The molecule has 0 aliphatic rings. The van der Waals surface area contributed by atoms with E-state index in [2.05, 4.69) is 0 Å². The summed E-state index contributed by atoms with van der Waals surface area (Å²) in [6.07, 6.45) is 0.861. The Morgan fingerprint density at radius 1 is 1.38 bits per heavy atom. The minimum absolute atomic E-state index is 0. The van der Waals surface area contributed by atoms with Crippen molar-refractivity contribution in [3.63, 3.8) is 0 Å². The van der Waals surface area contributed by atoms with Gasteiger partial charge in [0.2, 0.25) is 6.41 Å². The van der Waals surface area contributed by atoms with Gasteiger partial charge in [0, 0.05) is 32.6 Å². The molecule has 0 saturated carbocycles. The molecule has 0 heterocycles. The zero-order valence-electron chi connectivity index (χ0n) is 5.55. The number of rotatable bonds is 3. The summed E-state index contributed by atoms with van der Waals surface area (Å²) >= 11 is 0. The molecule has 0 fully saturated rings. The fourth-order valence-electron chi connectivity index (χ4n) is 0.373. The van der Waals surface area contributed by atoms with Gasteiger partial charge in [0.05, 0.1) is 0 Å². The minimum Gasteiger partial charge on any atom is -0.346 e. The van der Waals surface area contributed by atoms with E-state index in [-0.39, 0.29) is 19.5 Å². The Balaban J connectivity index is 0. The molecule has 44 valence electrons. The van der Waals surface area contributed by atoms with Crippen LogP contribution in [0.3, 0.4) is 0 Å². The van der Waals surface area contributed by atoms with Crippen LogP contribution in [0.1, 0.15) is 13.8 Å². The molecule has 0 spiro atoms. The van der Waals surface area contributed by atoms with E-state index in [1.54, 1.807) is 4.90 Å². The van der Waals surface area contributed by atoms with E-state index in [1.807, 2.05) is 13.8 Å². The smallest absolute Gasteiger partial charge is 0.209 e. The third kappa shape index (κ3) is 4.26. The van der Waals surface area contributed by atoms with Crippen molar-refractivity contribution in [2.24, 2.45) is 0 Å². The van der Waals surface area contributed by atoms with Crippen molar-refractivity contribution >= 4 is 6.41 Å². The molecular weight excluding hydrogens is 155 g/mol. The van der Waals surface area contributed by atoms with Crippen LogP contribution >= 0.6 is 0 Å². The monoisotopic (exact) mass is 165 g/mol. The Morgan fingerprint density at radius 3 is 1.75 bits per heavy atom. The molecule has 0 unspecified atom stereocenters. The molecule has 0 rings (SSSR count). The first-order valence-corrected chi connectivity index (χ1v) is 2.54. The number of carbonyl (C=O) groups excluding carboxylic acids is 1. The molecule has 2 nitrogen and oxygen atoms in total. The molecule has 0 N–H and O–H groups in total. The third-order valence-corrected chi connectivity index (χ3v) is 0.961. The van der Waals surface area contributed by atoms with Crippen LogP contribution in [0.25, 0.3) is 0 Å². The first-order valence-electron chi connectivity index (χ1n) is 2.54. The van der Waals surface area contributed by atoms with E-state index in [1.165, 1.54) is 0 Å². The van der Waals surface area contributed by atoms with Crippen LogP contribution in [0.2, 0.25) is 0 Å². The van der Waals surface area contributed by atoms with Gasteiger partial charge in [-0.25, -0.2) is 0 Å². The maximum Gasteiger partial charge on any atom is 0.209 e. The first kappa shape index (κ1) is 11.0. The predicted octanol–water partition coefficient (Wildman–Crippen LogP) is 0.482. The Labute approximate surface area is 63.0 Å². The Kier molecular flexibility index (Phi) is 9.72. The molecule has 0 aliphatic heterocycles. The second-order valence-corrected chi connectivity index (χ2v) is 1.33. The zero-order valence-corrected chi connectivity index (χ0v) is 8.52. The number of hydrogen-bond acceptors (Lipinski definition) is 1. The van der Waals surface area contributed by atoms with Gasteiger partial charge >= 0.3 is 0 Å². The zero-order chi connectivity index (χ0) is 5.70. The standard InChI is InChI=1S/C5H11NO.Zn/c1-3-6(4-2)5-7;/h5H,3-4H2,1-2H3;. The van der Waals surface area contributed by atoms with Crippen molar-refractivity contribution in [1.29, 1.82) is 0 Å². The largest absolute Gasteiger partial charge is 0.346 e. The third-order valence-electron chi connectivity index (χ3n) is 0.961. The van der Waals surface area contributed by atoms with Crippen LogP contribution in [0.4, 0.5) is 0 Å². The van der Waals surface area contributed by atoms with Crippen LogP contribution in [0.15, 0.2) is 0 Å². The van der Waals surface area contributed by atoms with Gasteiger partial charge in [-0.1, -0.05) is 0 Å². The molecular formula is C5H11NOZn. The van der Waals surface area contributed by atoms with E-state index in [9.17, 15) is 4.79 Å². The molecule has 0 aromatic carbocycles. The van der Waals surface area contributed by atoms with Gasteiger partial charge in [-0.3, -0.25) is 4.79 Å². The molecule has 0 aromatic heterocycles. The summed E-state index contributed by atoms with van der Waals surface area (Å²) in [4.78, 5) is 11.6. The topological polar surface area (TPSA) is 20.3 Å². The summed E-state index contributed by atoms with van der Waals surface area (Å²) < 4.78 is 0. The molecule has 1 amide bonds. The first-order chi connectivity index (χ1) is 3.35. The van der Waals surface area contributed by atoms with Crippen LogP contribution in [-0.4, -0.2) is 24.4 Å². The molecule has 0 aromatic rings. The average molecular weight is 167 g/mol. The average Bonchev–Trinajstić information content (AvgIpc) is 1.72. The fourth-order valence-corrected chi connectivity index (χ4v) is 0.373. The van der Waals surface area contributed by atoms with Gasteiger partial charge in [-0.15, -0.1) is 0 Å². The number of nitrogens with zero attached hydrogens (tertiary/aromatic N) is 1. The Hall–Kier alpha value is 0.0934. The van der Waals surface area contributed by atoms with E-state index >= 15 is 0 Å². The minimum atomic E-state index is 0. The molecule has 3 heteroatoms. The summed E-state index contributed by atoms with van der Waals surface area (Å²) in [5, 5.41) is 0. The quantitative estimate of drug-likeness (QED) is 0.441. The van der Waals surface area contributed by atoms with Crippen LogP contribution in [0, 0.1) is 0 Å². The van der Waals surface area contributed by atoms with E-state index in [0.29, 0.717) is 0 Å². The predicted molar refractivity (Wildman–Crippen MR) is 29.0 cm³/mol. The van der Waals surface area contributed by atoms with Gasteiger partial charge in [0.15, 0.2) is 0 Å². The van der Waals surface area contributed by atoms with Crippen molar-refractivity contribution in [3.05, 3.63) is 0 Å². The van der Waals surface area contributed by atoms with E-state index in [0.717, 1.165) is 19.5 Å². The van der Waals surface area contributed by atoms with Crippen LogP contribution in [0.5, 0.6) is 0 Å². The van der Waals surface area contributed by atoms with Crippen molar-refractivity contribution in [1.82, 2.24) is 4.90 Å². The van der Waals surface area contributed by atoms with Crippen LogP contribution < -0.4 is 0 Å². The maximum atomic E-state index is 9.89. The molecule has 0 bridgehead atoms. The van der Waals surface area contributed by atoms with Crippen molar-refractivity contribution < 1.29 is 24.3 Å². The van der Waals surface area contributed by atoms with Gasteiger partial charge in [-0.2, -0.15) is 0 Å². The normalized spacial score (nSPS) is 7.25. The van der Waals surface area contributed by atoms with Crippen molar-refractivity contribution in [2.45, 2.75) is 13.8 Å². The second kappa shape index (κ2) is 7.09. The molecule has 0 saturated heterocycles. The number of hydrogen-bond donors (Lipinski definition) is 0. The van der Waals surface area contributed by atoms with Gasteiger partial charge in [-0.05, 0) is 13.8 Å². The molecule has 0 atom stereocenters. The summed E-state index contributed by atoms with van der Waals surface area (Å²) in [5.74, 6) is 0.